The van der Waals surface area contributed by atoms with Crippen LogP contribution in [-0.2, 0) is 26.3 Å². The van der Waals surface area contributed by atoms with Crippen molar-refractivity contribution in [2.75, 3.05) is 31.5 Å². The zero-order chi connectivity index (χ0) is 26.2. The van der Waals surface area contributed by atoms with Crippen molar-refractivity contribution in [2.45, 2.75) is 39.3 Å². The molecule has 0 aliphatic carbocycles. The average Bonchev–Trinajstić information content (AvgIpc) is 2.82. The Kier molecular flexibility index (Phi) is 10.5. The van der Waals surface area contributed by atoms with Gasteiger partial charge in [0.2, 0.25) is 11.8 Å². The predicted molar refractivity (Wildman–Crippen MR) is 136 cm³/mol. The van der Waals surface area contributed by atoms with Crippen molar-refractivity contribution in [3.05, 3.63) is 64.9 Å². The molecule has 0 saturated heterocycles. The van der Waals surface area contributed by atoms with E-state index < -0.39 is 34.5 Å². The number of nitrogens with zero attached hydrogens (tertiary/aromatic N) is 3. The fourth-order valence-corrected chi connectivity index (χ4v) is 4.45. The number of carbonyl (C=O) groups is 2. The molecule has 1 N–H and O–H groups in total. The summed E-state index contributed by atoms with van der Waals surface area (Å²) in [6, 6.07) is 11.2. The Labute approximate surface area is 211 Å². The lowest BCUT2D eigenvalue weighted by atomic mass is 10.1. The summed E-state index contributed by atoms with van der Waals surface area (Å²) in [4.78, 5) is 27.6. The van der Waals surface area contributed by atoms with E-state index in [4.69, 9.17) is 11.6 Å². The maximum atomic E-state index is 14.6. The summed E-state index contributed by atoms with van der Waals surface area (Å²) in [7, 11) is -1.63. The standard InChI is InChI=1S/C24H32ClFN4O4S/c1-5-6-15-27-24(32)18(2)29(16-19-11-13-20(25)14-12-19)23(31)17-30(35(33,34)28(3)4)22-10-8-7-9-21(22)26/h7-14,18H,5-6,15-17H2,1-4H3,(H,27,32)/t18-/m0/s1. The van der Waals surface area contributed by atoms with Crippen molar-refractivity contribution in [1.29, 1.82) is 0 Å². The fraction of sp³-hybridized carbons (Fsp3) is 0.417. The highest BCUT2D eigenvalue weighted by atomic mass is 35.5. The first-order valence-electron chi connectivity index (χ1n) is 11.2. The van der Waals surface area contributed by atoms with Gasteiger partial charge in [0.15, 0.2) is 0 Å². The van der Waals surface area contributed by atoms with Gasteiger partial charge in [0.25, 0.3) is 0 Å². The zero-order valence-corrected chi connectivity index (χ0v) is 21.9. The quantitative estimate of drug-likeness (QED) is 0.429. The smallest absolute Gasteiger partial charge is 0.304 e. The van der Waals surface area contributed by atoms with Gasteiger partial charge >= 0.3 is 10.2 Å². The molecule has 0 unspecified atom stereocenters. The van der Waals surface area contributed by atoms with Gasteiger partial charge in [-0.2, -0.15) is 12.7 Å². The third kappa shape index (κ3) is 7.65. The first-order valence-corrected chi connectivity index (χ1v) is 13.0. The Balaban J connectivity index is 2.42. The molecule has 2 amide bonds. The fourth-order valence-electron chi connectivity index (χ4n) is 3.26. The Bertz CT molecular complexity index is 1110. The molecule has 0 radical (unpaired) electrons. The molecule has 0 fully saturated rings. The van der Waals surface area contributed by atoms with Crippen molar-refractivity contribution < 1.29 is 22.4 Å². The summed E-state index contributed by atoms with van der Waals surface area (Å²) in [5.74, 6) is -1.82. The molecule has 2 aromatic rings. The molecular formula is C24H32ClFN4O4S. The number of unbranched alkanes of at least 4 members (excludes halogenated alkanes) is 1. The molecule has 8 nitrogen and oxygen atoms in total. The van der Waals surface area contributed by atoms with E-state index in [2.05, 4.69) is 5.32 Å². The molecule has 0 bridgehead atoms. The van der Waals surface area contributed by atoms with Crippen molar-refractivity contribution in [2.24, 2.45) is 0 Å². The summed E-state index contributed by atoms with van der Waals surface area (Å²) < 4.78 is 42.3. The summed E-state index contributed by atoms with van der Waals surface area (Å²) in [6.07, 6.45) is 1.67. The van der Waals surface area contributed by atoms with E-state index in [1.807, 2.05) is 6.92 Å². The van der Waals surface area contributed by atoms with E-state index in [1.165, 1.54) is 37.2 Å². The Morgan fingerprint density at radius 2 is 1.71 bits per heavy atom. The van der Waals surface area contributed by atoms with Crippen molar-refractivity contribution in [3.8, 4) is 0 Å². The molecule has 2 rings (SSSR count). The second-order valence-corrected chi connectivity index (χ2v) is 10.7. The van der Waals surface area contributed by atoms with Crippen LogP contribution in [0.4, 0.5) is 10.1 Å². The normalized spacial score (nSPS) is 12.3. The maximum absolute atomic E-state index is 14.6. The van der Waals surface area contributed by atoms with E-state index >= 15 is 0 Å². The molecule has 0 spiro atoms. The van der Waals surface area contributed by atoms with E-state index in [0.29, 0.717) is 21.4 Å². The molecule has 11 heteroatoms. The Morgan fingerprint density at radius 1 is 1.09 bits per heavy atom. The van der Waals surface area contributed by atoms with Gasteiger partial charge in [-0.15, -0.1) is 0 Å². The molecule has 192 valence electrons. The largest absolute Gasteiger partial charge is 0.354 e. The summed E-state index contributed by atoms with van der Waals surface area (Å²) >= 11 is 5.97. The van der Waals surface area contributed by atoms with Crippen molar-refractivity contribution in [1.82, 2.24) is 14.5 Å². The van der Waals surface area contributed by atoms with Crippen molar-refractivity contribution >= 4 is 39.3 Å². The minimum absolute atomic E-state index is 0.0332. The topological polar surface area (TPSA) is 90.0 Å². The summed E-state index contributed by atoms with van der Waals surface area (Å²) in [6.45, 7) is 3.36. The number of benzene rings is 2. The van der Waals surface area contributed by atoms with Gasteiger partial charge in [-0.05, 0) is 43.2 Å². The highest BCUT2D eigenvalue weighted by molar-refractivity contribution is 7.90. The highest BCUT2D eigenvalue weighted by Gasteiger charge is 2.33. The molecule has 0 heterocycles. The maximum Gasteiger partial charge on any atom is 0.304 e. The number of hydrogen-bond donors (Lipinski definition) is 1. The van der Waals surface area contributed by atoms with Gasteiger partial charge < -0.3 is 10.2 Å². The van der Waals surface area contributed by atoms with E-state index in [-0.39, 0.29) is 18.1 Å². The Morgan fingerprint density at radius 3 is 2.29 bits per heavy atom. The molecule has 0 aliphatic rings. The lowest BCUT2D eigenvalue weighted by Gasteiger charge is -2.33. The first kappa shape index (κ1) is 28.5. The van der Waals surface area contributed by atoms with Gasteiger partial charge in [0.1, 0.15) is 18.4 Å². The predicted octanol–water partition coefficient (Wildman–Crippen LogP) is 3.43. The van der Waals surface area contributed by atoms with Crippen LogP contribution in [0.2, 0.25) is 5.02 Å². The third-order valence-corrected chi connectivity index (χ3v) is 7.46. The van der Waals surface area contributed by atoms with Crippen LogP contribution >= 0.6 is 11.6 Å². The first-order chi connectivity index (χ1) is 16.5. The van der Waals surface area contributed by atoms with Gasteiger partial charge in [-0.3, -0.25) is 9.59 Å². The van der Waals surface area contributed by atoms with Crippen molar-refractivity contribution in [3.63, 3.8) is 0 Å². The van der Waals surface area contributed by atoms with Crippen LogP contribution in [0.1, 0.15) is 32.3 Å². The van der Waals surface area contributed by atoms with Gasteiger partial charge in [0.05, 0.1) is 5.69 Å². The van der Waals surface area contributed by atoms with Crippen LogP contribution in [0, 0.1) is 5.82 Å². The Hall–Kier alpha value is -2.69. The second kappa shape index (κ2) is 12.9. The average molecular weight is 527 g/mol. The number of rotatable bonds is 12. The van der Waals surface area contributed by atoms with Crippen LogP contribution in [0.3, 0.4) is 0 Å². The van der Waals surface area contributed by atoms with E-state index in [0.717, 1.165) is 23.2 Å². The number of amides is 2. The number of hydrogen-bond acceptors (Lipinski definition) is 4. The minimum Gasteiger partial charge on any atom is -0.354 e. The molecule has 0 aliphatic heterocycles. The summed E-state index contributed by atoms with van der Waals surface area (Å²) in [5.41, 5.74) is 0.435. The van der Waals surface area contributed by atoms with Crippen LogP contribution in [0.15, 0.2) is 48.5 Å². The van der Waals surface area contributed by atoms with Crippen LogP contribution in [0.25, 0.3) is 0 Å². The number of anilines is 1. The molecule has 0 saturated carbocycles. The van der Waals surface area contributed by atoms with E-state index in [9.17, 15) is 22.4 Å². The monoisotopic (exact) mass is 526 g/mol. The number of nitrogens with one attached hydrogen (secondary N) is 1. The van der Waals surface area contributed by atoms with Gasteiger partial charge in [-0.1, -0.05) is 49.2 Å². The lowest BCUT2D eigenvalue weighted by molar-refractivity contribution is -0.139. The summed E-state index contributed by atoms with van der Waals surface area (Å²) in [5, 5.41) is 3.32. The highest BCUT2D eigenvalue weighted by Crippen LogP contribution is 2.24. The minimum atomic E-state index is -4.22. The molecular weight excluding hydrogens is 495 g/mol. The van der Waals surface area contributed by atoms with Crippen LogP contribution in [-0.4, -0.2) is 62.7 Å². The van der Waals surface area contributed by atoms with Gasteiger partial charge in [-0.25, -0.2) is 8.70 Å². The number of carbonyl (C=O) groups excluding carboxylic acids is 2. The van der Waals surface area contributed by atoms with E-state index in [1.54, 1.807) is 31.2 Å². The molecule has 2 aromatic carbocycles. The number of para-hydroxylation sites is 1. The van der Waals surface area contributed by atoms with Crippen LogP contribution < -0.4 is 9.62 Å². The molecule has 1 atom stereocenters. The molecule has 0 aromatic heterocycles. The lowest BCUT2D eigenvalue weighted by Crippen LogP contribution is -2.52. The van der Waals surface area contributed by atoms with Gasteiger partial charge in [0, 0.05) is 32.2 Å². The SMILES string of the molecule is CCCCNC(=O)[C@H](C)N(Cc1ccc(Cl)cc1)C(=O)CN(c1ccccc1F)S(=O)(=O)N(C)C. The third-order valence-electron chi connectivity index (χ3n) is 5.40. The molecule has 35 heavy (non-hydrogen) atoms. The zero-order valence-electron chi connectivity index (χ0n) is 20.4. The van der Waals surface area contributed by atoms with Crippen LogP contribution in [0.5, 0.6) is 0 Å². The number of halogens is 2. The second-order valence-electron chi connectivity index (χ2n) is 8.22.